The number of fused-ring (bicyclic) bond motifs is 1. The van der Waals surface area contributed by atoms with Gasteiger partial charge in [-0.15, -0.1) is 10.2 Å². The second-order valence-corrected chi connectivity index (χ2v) is 4.70. The molecule has 0 aliphatic carbocycles. The Labute approximate surface area is 96.1 Å². The summed E-state index contributed by atoms with van der Waals surface area (Å²) >= 11 is 0. The number of aromatic nitrogens is 3. The van der Waals surface area contributed by atoms with E-state index in [4.69, 9.17) is 0 Å². The van der Waals surface area contributed by atoms with E-state index in [1.807, 2.05) is 0 Å². The molecule has 1 atom stereocenters. The minimum Gasteiger partial charge on any atom is -0.396 e. The summed E-state index contributed by atoms with van der Waals surface area (Å²) in [6.45, 7) is 2.18. The van der Waals surface area contributed by atoms with Crippen molar-refractivity contribution >= 4 is 0 Å². The quantitative estimate of drug-likeness (QED) is 0.796. The summed E-state index contributed by atoms with van der Waals surface area (Å²) in [7, 11) is 4.12. The van der Waals surface area contributed by atoms with Crippen LogP contribution in [0.2, 0.25) is 0 Å². The molecule has 1 aromatic rings. The molecule has 5 nitrogen and oxygen atoms in total. The molecule has 90 valence electrons. The van der Waals surface area contributed by atoms with Crippen LogP contribution in [0.3, 0.4) is 0 Å². The molecule has 5 heteroatoms. The number of aliphatic hydroxyl groups excluding tert-OH is 1. The molecule has 1 aliphatic rings. The maximum Gasteiger partial charge on any atom is 0.138 e. The molecule has 0 spiro atoms. The lowest BCUT2D eigenvalue weighted by atomic mass is 10.00. The lowest BCUT2D eigenvalue weighted by Gasteiger charge is -2.22. The highest BCUT2D eigenvalue weighted by Gasteiger charge is 2.24. The van der Waals surface area contributed by atoms with Gasteiger partial charge >= 0.3 is 0 Å². The normalized spacial score (nSPS) is 20.1. The van der Waals surface area contributed by atoms with E-state index in [9.17, 15) is 5.11 Å². The average Bonchev–Trinajstić information content (AvgIpc) is 2.69. The maximum atomic E-state index is 9.28. The van der Waals surface area contributed by atoms with Crippen molar-refractivity contribution in [1.82, 2.24) is 19.7 Å². The third kappa shape index (κ3) is 2.25. The van der Waals surface area contributed by atoms with Crippen LogP contribution in [-0.2, 0) is 13.0 Å². The summed E-state index contributed by atoms with van der Waals surface area (Å²) in [5, 5.41) is 17.7. The van der Waals surface area contributed by atoms with Crippen LogP contribution >= 0.6 is 0 Å². The summed E-state index contributed by atoms with van der Waals surface area (Å²) in [5.41, 5.74) is 0. The van der Waals surface area contributed by atoms with Gasteiger partial charge in [0.15, 0.2) is 0 Å². The Bertz CT molecular complexity index is 348. The lowest BCUT2D eigenvalue weighted by Crippen LogP contribution is -2.22. The van der Waals surface area contributed by atoms with Crippen LogP contribution in [0.5, 0.6) is 0 Å². The molecular weight excluding hydrogens is 204 g/mol. The largest absolute Gasteiger partial charge is 0.396 e. The summed E-state index contributed by atoms with van der Waals surface area (Å²) in [4.78, 5) is 2.15. The van der Waals surface area contributed by atoms with Crippen molar-refractivity contribution in [3.63, 3.8) is 0 Å². The Kier molecular flexibility index (Phi) is 3.56. The maximum absolute atomic E-state index is 9.28. The number of likely N-dealkylation sites (N-methyl/N-ethyl adjacent to an activating group) is 1. The minimum atomic E-state index is 0.186. The molecule has 0 saturated carbocycles. The summed E-state index contributed by atoms with van der Waals surface area (Å²) < 4.78 is 2.19. The molecule has 0 saturated heterocycles. The highest BCUT2D eigenvalue weighted by molar-refractivity contribution is 5.05. The van der Waals surface area contributed by atoms with E-state index in [-0.39, 0.29) is 12.5 Å². The van der Waals surface area contributed by atoms with Crippen LogP contribution in [0, 0.1) is 0 Å². The molecule has 1 N–H and O–H groups in total. The minimum absolute atomic E-state index is 0.186. The van der Waals surface area contributed by atoms with E-state index in [0.717, 1.165) is 44.0 Å². The third-order valence-electron chi connectivity index (χ3n) is 3.16. The second kappa shape index (κ2) is 4.93. The zero-order valence-electron chi connectivity index (χ0n) is 10.1. The first-order valence-electron chi connectivity index (χ1n) is 5.90. The fraction of sp³-hybridized carbons (Fsp3) is 0.818. The topological polar surface area (TPSA) is 54.2 Å². The van der Waals surface area contributed by atoms with Gasteiger partial charge in [-0.1, -0.05) is 0 Å². The van der Waals surface area contributed by atoms with Gasteiger partial charge in [-0.2, -0.15) is 0 Å². The van der Waals surface area contributed by atoms with E-state index in [1.54, 1.807) is 0 Å². The summed E-state index contributed by atoms with van der Waals surface area (Å²) in [5.74, 6) is 2.22. The molecule has 16 heavy (non-hydrogen) atoms. The fourth-order valence-electron chi connectivity index (χ4n) is 2.20. The lowest BCUT2D eigenvalue weighted by molar-refractivity contribution is 0.237. The Morgan fingerprint density at radius 3 is 2.94 bits per heavy atom. The van der Waals surface area contributed by atoms with Crippen molar-refractivity contribution in [2.75, 3.05) is 27.2 Å². The Balaban J connectivity index is 2.13. The number of nitrogens with zero attached hydrogens (tertiary/aromatic N) is 4. The number of aliphatic hydroxyl groups is 1. The molecule has 0 aromatic carbocycles. The molecule has 0 radical (unpaired) electrons. The monoisotopic (exact) mass is 224 g/mol. The van der Waals surface area contributed by atoms with Crippen molar-refractivity contribution in [2.45, 2.75) is 31.7 Å². The van der Waals surface area contributed by atoms with Gasteiger partial charge in [-0.25, -0.2) is 0 Å². The molecule has 1 unspecified atom stereocenters. The second-order valence-electron chi connectivity index (χ2n) is 4.70. The molecule has 1 aliphatic heterocycles. The van der Waals surface area contributed by atoms with E-state index in [2.05, 4.69) is 33.8 Å². The zero-order valence-corrected chi connectivity index (χ0v) is 10.1. The van der Waals surface area contributed by atoms with Crippen LogP contribution in [0.15, 0.2) is 0 Å². The number of hydrogen-bond donors (Lipinski definition) is 1. The van der Waals surface area contributed by atoms with Crippen LogP contribution in [0.1, 0.15) is 30.4 Å². The van der Waals surface area contributed by atoms with Gasteiger partial charge in [0, 0.05) is 25.4 Å². The highest BCUT2D eigenvalue weighted by atomic mass is 16.3. The fourth-order valence-corrected chi connectivity index (χ4v) is 2.20. The Morgan fingerprint density at radius 2 is 2.25 bits per heavy atom. The molecular formula is C11H20N4O. The van der Waals surface area contributed by atoms with E-state index in [1.165, 1.54) is 0 Å². The van der Waals surface area contributed by atoms with Crippen molar-refractivity contribution in [1.29, 1.82) is 0 Å². The standard InChI is InChI=1S/C11H20N4O/c1-14(2)7-5-10-12-13-11-9(8-16)4-3-6-15(10)11/h9,16H,3-8H2,1-2H3. The van der Waals surface area contributed by atoms with E-state index >= 15 is 0 Å². The van der Waals surface area contributed by atoms with Crippen molar-refractivity contribution in [3.8, 4) is 0 Å². The smallest absolute Gasteiger partial charge is 0.138 e. The van der Waals surface area contributed by atoms with Crippen LogP contribution in [-0.4, -0.2) is 52.0 Å². The zero-order chi connectivity index (χ0) is 11.5. The van der Waals surface area contributed by atoms with Gasteiger partial charge in [-0.05, 0) is 26.9 Å². The molecule has 0 amide bonds. The van der Waals surface area contributed by atoms with Crippen molar-refractivity contribution in [2.24, 2.45) is 0 Å². The van der Waals surface area contributed by atoms with Crippen molar-refractivity contribution in [3.05, 3.63) is 11.6 Å². The van der Waals surface area contributed by atoms with Gasteiger partial charge in [0.05, 0.1) is 6.61 Å². The van der Waals surface area contributed by atoms with Crippen molar-refractivity contribution < 1.29 is 5.11 Å². The molecule has 2 rings (SSSR count). The van der Waals surface area contributed by atoms with Crippen LogP contribution in [0.25, 0.3) is 0 Å². The first kappa shape index (κ1) is 11.5. The number of hydrogen-bond acceptors (Lipinski definition) is 4. The van der Waals surface area contributed by atoms with Crippen LogP contribution in [0.4, 0.5) is 0 Å². The average molecular weight is 224 g/mol. The van der Waals surface area contributed by atoms with Gasteiger partial charge < -0.3 is 14.6 Å². The number of rotatable bonds is 4. The van der Waals surface area contributed by atoms with Gasteiger partial charge in [0.25, 0.3) is 0 Å². The Hall–Kier alpha value is -0.940. The van der Waals surface area contributed by atoms with Crippen LogP contribution < -0.4 is 0 Å². The molecule has 0 fully saturated rings. The van der Waals surface area contributed by atoms with Gasteiger partial charge in [0.1, 0.15) is 11.6 Å². The van der Waals surface area contributed by atoms with E-state index < -0.39 is 0 Å². The predicted octanol–water partition coefficient (Wildman–Crippen LogP) is 0.252. The van der Waals surface area contributed by atoms with Gasteiger partial charge in [-0.3, -0.25) is 0 Å². The SMILES string of the molecule is CN(C)CCc1nnc2n1CCCC2CO. The first-order chi connectivity index (χ1) is 7.72. The summed E-state index contributed by atoms with van der Waals surface area (Å²) in [6, 6.07) is 0. The predicted molar refractivity (Wildman–Crippen MR) is 61.3 cm³/mol. The highest BCUT2D eigenvalue weighted by Crippen LogP contribution is 2.25. The molecule has 1 aromatic heterocycles. The molecule has 0 bridgehead atoms. The molecule has 2 heterocycles. The third-order valence-corrected chi connectivity index (χ3v) is 3.16. The first-order valence-corrected chi connectivity index (χ1v) is 5.90. The van der Waals surface area contributed by atoms with Gasteiger partial charge in [0.2, 0.25) is 0 Å². The summed E-state index contributed by atoms with van der Waals surface area (Å²) in [6.07, 6.45) is 3.08. The van der Waals surface area contributed by atoms with E-state index in [0.29, 0.717) is 0 Å². The Morgan fingerprint density at radius 1 is 1.44 bits per heavy atom.